The van der Waals surface area contributed by atoms with Crippen LogP contribution in [0.2, 0.25) is 0 Å². The van der Waals surface area contributed by atoms with E-state index in [1.54, 1.807) is 7.05 Å². The highest BCUT2D eigenvalue weighted by atomic mass is 16.6. The minimum Gasteiger partial charge on any atom is -0.444 e. The van der Waals surface area contributed by atoms with Crippen LogP contribution in [0.25, 0.3) is 0 Å². The van der Waals surface area contributed by atoms with E-state index in [4.69, 9.17) is 9.47 Å². The van der Waals surface area contributed by atoms with Crippen LogP contribution in [-0.2, 0) is 16.1 Å². The van der Waals surface area contributed by atoms with E-state index in [0.717, 1.165) is 12.1 Å². The zero-order chi connectivity index (χ0) is 12.8. The molecule has 1 aliphatic heterocycles. The van der Waals surface area contributed by atoms with Crippen molar-refractivity contribution in [3.8, 4) is 0 Å². The third kappa shape index (κ3) is 3.45. The first-order chi connectivity index (χ1) is 8.77. The fourth-order valence-electron chi connectivity index (χ4n) is 1.74. The summed E-state index contributed by atoms with van der Waals surface area (Å²) in [4.78, 5) is 13.3. The van der Waals surface area contributed by atoms with Crippen LogP contribution in [0.15, 0.2) is 30.3 Å². The van der Waals surface area contributed by atoms with E-state index in [2.05, 4.69) is 5.32 Å². The Hall–Kier alpha value is -1.59. The lowest BCUT2D eigenvalue weighted by atomic mass is 10.2. The molecule has 1 amide bonds. The number of morpholine rings is 1. The Bertz CT molecular complexity index is 377. The first-order valence-corrected chi connectivity index (χ1v) is 6.03. The molecule has 5 nitrogen and oxygen atoms in total. The largest absolute Gasteiger partial charge is 0.444 e. The fourth-order valence-corrected chi connectivity index (χ4v) is 1.74. The lowest BCUT2D eigenvalue weighted by Crippen LogP contribution is -2.49. The minimum atomic E-state index is -0.368. The number of carbonyl (C=O) groups is 1. The predicted octanol–water partition coefficient (Wildman–Crippen LogP) is 1.20. The van der Waals surface area contributed by atoms with Crippen molar-refractivity contribution in [1.82, 2.24) is 10.2 Å². The maximum Gasteiger partial charge on any atom is 0.411 e. The molecule has 0 unspecified atom stereocenters. The van der Waals surface area contributed by atoms with Crippen LogP contribution >= 0.6 is 0 Å². The Labute approximate surface area is 107 Å². The molecule has 1 aromatic carbocycles. The molecule has 2 rings (SSSR count). The predicted molar refractivity (Wildman–Crippen MR) is 67.0 cm³/mol. The molecule has 98 valence electrons. The molecule has 18 heavy (non-hydrogen) atoms. The summed E-state index contributed by atoms with van der Waals surface area (Å²) in [5, 5.41) is 3.17. The van der Waals surface area contributed by atoms with E-state index in [0.29, 0.717) is 13.2 Å². The number of rotatable bonds is 3. The Balaban J connectivity index is 1.80. The highest BCUT2D eigenvalue weighted by molar-refractivity contribution is 5.67. The van der Waals surface area contributed by atoms with E-state index in [1.807, 2.05) is 30.3 Å². The van der Waals surface area contributed by atoms with Gasteiger partial charge in [0.25, 0.3) is 0 Å². The van der Waals surface area contributed by atoms with Crippen LogP contribution in [0.3, 0.4) is 0 Å². The zero-order valence-corrected chi connectivity index (χ0v) is 10.5. The second-order valence-electron chi connectivity index (χ2n) is 4.18. The average Bonchev–Trinajstić information content (AvgIpc) is 2.46. The molecule has 0 radical (unpaired) electrons. The van der Waals surface area contributed by atoms with Gasteiger partial charge in [0.1, 0.15) is 12.8 Å². The molecule has 1 aliphatic rings. The summed E-state index contributed by atoms with van der Waals surface area (Å²) in [6.07, 6.45) is -0.616. The highest BCUT2D eigenvalue weighted by Gasteiger charge is 2.23. The third-order valence-electron chi connectivity index (χ3n) is 2.83. The van der Waals surface area contributed by atoms with Gasteiger partial charge in [-0.1, -0.05) is 30.3 Å². The molecule has 0 bridgehead atoms. The lowest BCUT2D eigenvalue weighted by Gasteiger charge is -2.30. The van der Waals surface area contributed by atoms with Crippen LogP contribution in [0.5, 0.6) is 0 Å². The number of likely N-dealkylation sites (N-methyl/N-ethyl adjacent to an activating group) is 1. The summed E-state index contributed by atoms with van der Waals surface area (Å²) in [7, 11) is 1.69. The second kappa shape index (κ2) is 6.37. The van der Waals surface area contributed by atoms with E-state index in [9.17, 15) is 4.79 Å². The number of hydrogen-bond acceptors (Lipinski definition) is 4. The Kier molecular flexibility index (Phi) is 4.55. The van der Waals surface area contributed by atoms with Crippen molar-refractivity contribution in [1.29, 1.82) is 0 Å². The number of nitrogens with zero attached hydrogens (tertiary/aromatic N) is 1. The van der Waals surface area contributed by atoms with Gasteiger partial charge in [0.2, 0.25) is 0 Å². The number of nitrogens with one attached hydrogen (secondary N) is 1. The number of amides is 1. The normalized spacial score (nSPS) is 19.3. The van der Waals surface area contributed by atoms with Gasteiger partial charge in [-0.3, -0.25) is 4.90 Å². The Morgan fingerprint density at radius 2 is 2.28 bits per heavy atom. The van der Waals surface area contributed by atoms with E-state index in [-0.39, 0.29) is 18.9 Å². The van der Waals surface area contributed by atoms with Crippen LogP contribution < -0.4 is 5.32 Å². The quantitative estimate of drug-likeness (QED) is 0.876. The molecule has 1 N–H and O–H groups in total. The summed E-state index contributed by atoms with van der Waals surface area (Å²) < 4.78 is 10.7. The first kappa shape index (κ1) is 12.9. The minimum absolute atomic E-state index is 0.248. The molecule has 0 spiro atoms. The molecular weight excluding hydrogens is 232 g/mol. The average molecular weight is 250 g/mol. The van der Waals surface area contributed by atoms with Gasteiger partial charge in [-0.2, -0.15) is 0 Å². The fraction of sp³-hybridized carbons (Fsp3) is 0.462. The molecule has 0 aromatic heterocycles. The zero-order valence-electron chi connectivity index (χ0n) is 10.5. The number of benzene rings is 1. The molecule has 0 aliphatic carbocycles. The van der Waals surface area contributed by atoms with E-state index >= 15 is 0 Å². The van der Waals surface area contributed by atoms with Crippen LogP contribution in [0.1, 0.15) is 5.56 Å². The van der Waals surface area contributed by atoms with Crippen molar-refractivity contribution in [3.63, 3.8) is 0 Å². The van der Waals surface area contributed by atoms with Crippen molar-refractivity contribution in [2.24, 2.45) is 0 Å². The maximum absolute atomic E-state index is 11.8. The summed E-state index contributed by atoms with van der Waals surface area (Å²) in [6, 6.07) is 9.61. The smallest absolute Gasteiger partial charge is 0.411 e. The molecule has 1 fully saturated rings. The molecule has 1 saturated heterocycles. The van der Waals surface area contributed by atoms with Crippen molar-refractivity contribution in [3.05, 3.63) is 35.9 Å². The SMILES string of the molecule is CN(C(=O)OCc1ccccc1)[C@H]1CNCCO1. The number of hydrogen-bond donors (Lipinski definition) is 1. The monoisotopic (exact) mass is 250 g/mol. The van der Waals surface area contributed by atoms with Gasteiger partial charge in [0.15, 0.2) is 0 Å². The van der Waals surface area contributed by atoms with Crippen LogP contribution in [-0.4, -0.2) is 44.0 Å². The van der Waals surface area contributed by atoms with Crippen molar-refractivity contribution in [2.45, 2.75) is 12.8 Å². The molecule has 1 aromatic rings. The Morgan fingerprint density at radius 3 is 2.94 bits per heavy atom. The van der Waals surface area contributed by atoms with Crippen molar-refractivity contribution in [2.75, 3.05) is 26.7 Å². The van der Waals surface area contributed by atoms with Gasteiger partial charge >= 0.3 is 6.09 Å². The van der Waals surface area contributed by atoms with Gasteiger partial charge in [0.05, 0.1) is 6.61 Å². The van der Waals surface area contributed by atoms with E-state index in [1.165, 1.54) is 4.90 Å². The van der Waals surface area contributed by atoms with E-state index < -0.39 is 0 Å². The summed E-state index contributed by atoms with van der Waals surface area (Å²) in [5.74, 6) is 0. The summed E-state index contributed by atoms with van der Waals surface area (Å²) >= 11 is 0. The van der Waals surface area contributed by atoms with Crippen LogP contribution in [0, 0.1) is 0 Å². The van der Waals surface area contributed by atoms with Gasteiger partial charge in [-0.05, 0) is 5.56 Å². The van der Waals surface area contributed by atoms with Crippen molar-refractivity contribution < 1.29 is 14.3 Å². The maximum atomic E-state index is 11.8. The molecular formula is C13H18N2O3. The summed E-state index contributed by atoms with van der Waals surface area (Å²) in [6.45, 7) is 2.35. The number of carbonyl (C=O) groups excluding carboxylic acids is 1. The Morgan fingerprint density at radius 1 is 1.50 bits per heavy atom. The van der Waals surface area contributed by atoms with Gasteiger partial charge in [-0.15, -0.1) is 0 Å². The summed E-state index contributed by atoms with van der Waals surface area (Å²) in [5.41, 5.74) is 0.974. The lowest BCUT2D eigenvalue weighted by molar-refractivity contribution is -0.0592. The van der Waals surface area contributed by atoms with Gasteiger partial charge in [0, 0.05) is 20.1 Å². The molecule has 1 atom stereocenters. The van der Waals surface area contributed by atoms with Crippen molar-refractivity contribution >= 4 is 6.09 Å². The molecule has 0 saturated carbocycles. The molecule has 1 heterocycles. The first-order valence-electron chi connectivity index (χ1n) is 6.03. The second-order valence-corrected chi connectivity index (χ2v) is 4.18. The standard InChI is InChI=1S/C13H18N2O3/c1-15(12-9-14-7-8-17-12)13(16)18-10-11-5-3-2-4-6-11/h2-6,12,14H,7-10H2,1H3/t12-/m1/s1. The topological polar surface area (TPSA) is 50.8 Å². The molecule has 5 heteroatoms. The third-order valence-corrected chi connectivity index (χ3v) is 2.83. The van der Waals surface area contributed by atoms with Gasteiger partial charge in [-0.25, -0.2) is 4.79 Å². The van der Waals surface area contributed by atoms with Gasteiger partial charge < -0.3 is 14.8 Å². The number of ether oxygens (including phenoxy) is 2. The highest BCUT2D eigenvalue weighted by Crippen LogP contribution is 2.06. The van der Waals surface area contributed by atoms with Crippen LogP contribution in [0.4, 0.5) is 4.79 Å².